The molecule has 0 bridgehead atoms. The summed E-state index contributed by atoms with van der Waals surface area (Å²) in [5, 5.41) is 2.24. The largest absolute Gasteiger partial charge is 0.333 e. The second-order valence-electron chi connectivity index (χ2n) is 7.76. The second kappa shape index (κ2) is 7.04. The van der Waals surface area contributed by atoms with Gasteiger partial charge in [-0.15, -0.1) is 0 Å². The van der Waals surface area contributed by atoms with Crippen molar-refractivity contribution in [2.75, 3.05) is 0 Å². The van der Waals surface area contributed by atoms with Crippen LogP contribution in [0.1, 0.15) is 0 Å². The molecule has 3 aromatic carbocycles. The van der Waals surface area contributed by atoms with E-state index in [1.807, 2.05) is 66.9 Å². The molecule has 0 saturated heterocycles. The molecule has 3 aromatic heterocycles. The number of fused-ring (bicyclic) bond motifs is 4. The molecule has 32 heavy (non-hydrogen) atoms. The molecular weight excluding hydrogens is 420 g/mol. The minimum atomic E-state index is -0.167. The molecule has 6 rings (SSSR count). The van der Waals surface area contributed by atoms with Crippen LogP contribution >= 0.6 is 11.6 Å². The van der Waals surface area contributed by atoms with E-state index in [4.69, 9.17) is 11.6 Å². The minimum absolute atomic E-state index is 0.167. The summed E-state index contributed by atoms with van der Waals surface area (Å²) in [7, 11) is 1.72. The normalized spacial score (nSPS) is 11.6. The van der Waals surface area contributed by atoms with E-state index < -0.39 is 0 Å². The molecule has 0 unspecified atom stereocenters. The first-order chi connectivity index (χ1) is 15.6. The maximum atomic E-state index is 13.2. The SMILES string of the molecule is Cn1c(=O)n(-c2ccccc2)c2c3cc(-c4cnc5ccccc5c4)ccc3nc(Cl)c21. The fourth-order valence-electron chi connectivity index (χ4n) is 4.30. The van der Waals surface area contributed by atoms with E-state index in [-0.39, 0.29) is 5.69 Å². The predicted octanol–water partition coefficient (Wildman–Crippen LogP) is 5.75. The summed E-state index contributed by atoms with van der Waals surface area (Å²) < 4.78 is 3.26. The predicted molar refractivity (Wildman–Crippen MR) is 130 cm³/mol. The van der Waals surface area contributed by atoms with Crippen LogP contribution in [0.3, 0.4) is 0 Å². The highest BCUT2D eigenvalue weighted by Gasteiger charge is 2.19. The van der Waals surface area contributed by atoms with Crippen molar-refractivity contribution in [2.45, 2.75) is 0 Å². The lowest BCUT2D eigenvalue weighted by Gasteiger charge is -2.09. The van der Waals surface area contributed by atoms with Crippen LogP contribution in [0.15, 0.2) is 89.9 Å². The van der Waals surface area contributed by atoms with Crippen LogP contribution in [-0.2, 0) is 7.05 Å². The lowest BCUT2D eigenvalue weighted by atomic mass is 10.0. The number of hydrogen-bond donors (Lipinski definition) is 0. The van der Waals surface area contributed by atoms with E-state index in [1.165, 1.54) is 0 Å². The van der Waals surface area contributed by atoms with Crippen LogP contribution in [0.4, 0.5) is 0 Å². The second-order valence-corrected chi connectivity index (χ2v) is 8.12. The zero-order chi connectivity index (χ0) is 21.8. The summed E-state index contributed by atoms with van der Waals surface area (Å²) in [6, 6.07) is 25.8. The molecule has 5 nitrogen and oxygen atoms in total. The summed E-state index contributed by atoms with van der Waals surface area (Å²) >= 11 is 6.54. The number of hydrogen-bond acceptors (Lipinski definition) is 3. The molecule has 0 aliphatic carbocycles. The highest BCUT2D eigenvalue weighted by molar-refractivity contribution is 6.35. The van der Waals surface area contributed by atoms with Crippen LogP contribution in [-0.4, -0.2) is 19.1 Å². The van der Waals surface area contributed by atoms with Crippen LogP contribution < -0.4 is 5.69 Å². The van der Waals surface area contributed by atoms with Crippen LogP contribution in [0, 0.1) is 0 Å². The number of imidazole rings is 1. The molecule has 6 aromatic rings. The van der Waals surface area contributed by atoms with E-state index in [9.17, 15) is 4.79 Å². The quantitative estimate of drug-likeness (QED) is 0.325. The summed E-state index contributed by atoms with van der Waals surface area (Å²) in [4.78, 5) is 22.4. The number of para-hydroxylation sites is 2. The Morgan fingerprint density at radius 3 is 2.44 bits per heavy atom. The lowest BCUT2D eigenvalue weighted by Crippen LogP contribution is -2.20. The third kappa shape index (κ3) is 2.75. The highest BCUT2D eigenvalue weighted by atomic mass is 35.5. The summed E-state index contributed by atoms with van der Waals surface area (Å²) in [6.07, 6.45) is 1.87. The van der Waals surface area contributed by atoms with Gasteiger partial charge in [-0.05, 0) is 42.0 Å². The zero-order valence-electron chi connectivity index (χ0n) is 17.2. The van der Waals surface area contributed by atoms with Crippen LogP contribution in [0.2, 0.25) is 5.15 Å². The molecule has 0 amide bonds. The zero-order valence-corrected chi connectivity index (χ0v) is 17.9. The van der Waals surface area contributed by atoms with Crippen LogP contribution in [0.25, 0.3) is 49.7 Å². The first kappa shape index (κ1) is 18.8. The van der Waals surface area contributed by atoms with Gasteiger partial charge >= 0.3 is 5.69 Å². The molecule has 3 heterocycles. The van der Waals surface area contributed by atoms with Crippen molar-refractivity contribution in [3.63, 3.8) is 0 Å². The summed E-state index contributed by atoms with van der Waals surface area (Å²) in [6.45, 7) is 0. The van der Waals surface area contributed by atoms with Gasteiger partial charge in [-0.25, -0.2) is 9.78 Å². The van der Waals surface area contributed by atoms with Gasteiger partial charge in [0.2, 0.25) is 0 Å². The molecular formula is C26H17ClN4O. The molecule has 0 aliphatic rings. The van der Waals surface area contributed by atoms with Crippen molar-refractivity contribution in [3.05, 3.63) is 101 Å². The molecule has 0 fully saturated rings. The van der Waals surface area contributed by atoms with E-state index >= 15 is 0 Å². The third-order valence-corrected chi connectivity index (χ3v) is 6.13. The number of pyridine rings is 2. The van der Waals surface area contributed by atoms with Gasteiger partial charge < -0.3 is 0 Å². The van der Waals surface area contributed by atoms with Gasteiger partial charge in [0, 0.05) is 29.6 Å². The topological polar surface area (TPSA) is 52.7 Å². The van der Waals surface area contributed by atoms with Crippen molar-refractivity contribution in [1.29, 1.82) is 0 Å². The Bertz CT molecular complexity index is 1720. The number of rotatable bonds is 2. The Morgan fingerprint density at radius 2 is 1.59 bits per heavy atom. The van der Waals surface area contributed by atoms with E-state index in [2.05, 4.69) is 28.2 Å². The molecule has 0 radical (unpaired) electrons. The third-order valence-electron chi connectivity index (χ3n) is 5.87. The van der Waals surface area contributed by atoms with Gasteiger partial charge in [-0.3, -0.25) is 14.1 Å². The summed E-state index contributed by atoms with van der Waals surface area (Å²) in [5.41, 5.74) is 5.65. The number of nitrogens with zero attached hydrogens (tertiary/aromatic N) is 4. The average molecular weight is 437 g/mol. The standard InChI is InChI=1S/C26H17ClN4O/c1-30-24-23(31(26(30)32)19-8-3-2-4-9-19)20-14-16(11-12-22(20)29-25(24)27)18-13-17-7-5-6-10-21(17)28-15-18/h2-15H,1H3. The van der Waals surface area contributed by atoms with E-state index in [1.54, 1.807) is 16.2 Å². The van der Waals surface area contributed by atoms with Crippen molar-refractivity contribution in [3.8, 4) is 16.8 Å². The Labute approximate surface area is 188 Å². The van der Waals surface area contributed by atoms with Gasteiger partial charge in [-0.1, -0.05) is 54.1 Å². The average Bonchev–Trinajstić information content (AvgIpc) is 3.10. The first-order valence-electron chi connectivity index (χ1n) is 10.2. The van der Waals surface area contributed by atoms with Gasteiger partial charge in [0.15, 0.2) is 5.15 Å². The number of aromatic nitrogens is 4. The smallest absolute Gasteiger partial charge is 0.292 e. The maximum absolute atomic E-state index is 13.2. The van der Waals surface area contributed by atoms with Crippen molar-refractivity contribution < 1.29 is 0 Å². The van der Waals surface area contributed by atoms with Crippen LogP contribution in [0.5, 0.6) is 0 Å². The minimum Gasteiger partial charge on any atom is -0.292 e. The molecule has 6 heteroatoms. The molecule has 0 N–H and O–H groups in total. The first-order valence-corrected chi connectivity index (χ1v) is 10.6. The van der Waals surface area contributed by atoms with Crippen molar-refractivity contribution >= 4 is 44.4 Å². The fraction of sp³-hybridized carbons (Fsp3) is 0.0385. The van der Waals surface area contributed by atoms with Crippen molar-refractivity contribution in [1.82, 2.24) is 19.1 Å². The maximum Gasteiger partial charge on any atom is 0.333 e. The van der Waals surface area contributed by atoms with Gasteiger partial charge in [0.1, 0.15) is 5.52 Å². The molecule has 0 atom stereocenters. The fourth-order valence-corrected chi connectivity index (χ4v) is 4.60. The Kier molecular flexibility index (Phi) is 4.13. The number of halogens is 1. The Hall–Kier alpha value is -3.96. The number of aryl methyl sites for hydroxylation is 1. The molecule has 0 aliphatic heterocycles. The molecule has 0 saturated carbocycles. The van der Waals surface area contributed by atoms with Crippen molar-refractivity contribution in [2.24, 2.45) is 7.05 Å². The summed E-state index contributed by atoms with van der Waals surface area (Å²) in [5.74, 6) is 0. The van der Waals surface area contributed by atoms with E-state index in [0.29, 0.717) is 10.7 Å². The Balaban J connectivity index is 1.70. The van der Waals surface area contributed by atoms with Gasteiger partial charge in [0.05, 0.1) is 22.2 Å². The van der Waals surface area contributed by atoms with E-state index in [0.717, 1.165) is 44.1 Å². The van der Waals surface area contributed by atoms with Gasteiger partial charge in [-0.2, -0.15) is 0 Å². The lowest BCUT2D eigenvalue weighted by molar-refractivity contribution is 0.846. The molecule has 0 spiro atoms. The molecule has 154 valence electrons. The number of benzene rings is 3. The monoisotopic (exact) mass is 436 g/mol. The van der Waals surface area contributed by atoms with Gasteiger partial charge in [0.25, 0.3) is 0 Å². The highest BCUT2D eigenvalue weighted by Crippen LogP contribution is 2.33. The Morgan fingerprint density at radius 1 is 0.812 bits per heavy atom.